The van der Waals surface area contributed by atoms with Gasteiger partial charge < -0.3 is 10.6 Å². The Balaban J connectivity index is 2.02. The van der Waals surface area contributed by atoms with Crippen LogP contribution in [-0.2, 0) is 4.79 Å². The number of aromatic amines is 1. The molecule has 1 saturated heterocycles. The summed E-state index contributed by atoms with van der Waals surface area (Å²) in [6.07, 6.45) is 3.88. The predicted octanol–water partition coefficient (Wildman–Crippen LogP) is 0.463. The van der Waals surface area contributed by atoms with Crippen molar-refractivity contribution in [3.05, 3.63) is 18.0 Å². The van der Waals surface area contributed by atoms with Gasteiger partial charge in [0.2, 0.25) is 5.91 Å². The molecule has 0 radical (unpaired) electrons. The number of nitrogens with two attached hydrogens (primary N) is 1. The Bertz CT molecular complexity index is 347. The number of nitrogens with zero attached hydrogens (tertiary/aromatic N) is 2. The van der Waals surface area contributed by atoms with Gasteiger partial charge in [-0.1, -0.05) is 0 Å². The zero-order valence-corrected chi connectivity index (χ0v) is 9.52. The van der Waals surface area contributed by atoms with E-state index < -0.39 is 6.04 Å². The number of piperidine rings is 1. The number of amides is 1. The summed E-state index contributed by atoms with van der Waals surface area (Å²) >= 11 is 0. The number of hydrogen-bond acceptors (Lipinski definition) is 3. The van der Waals surface area contributed by atoms with Gasteiger partial charge in [0.05, 0.1) is 6.04 Å². The topological polar surface area (TPSA) is 75.0 Å². The predicted molar refractivity (Wildman–Crippen MR) is 60.8 cm³/mol. The van der Waals surface area contributed by atoms with E-state index >= 15 is 0 Å². The van der Waals surface area contributed by atoms with Crippen molar-refractivity contribution in [2.24, 2.45) is 5.73 Å². The van der Waals surface area contributed by atoms with Crippen molar-refractivity contribution in [1.82, 2.24) is 15.1 Å². The van der Waals surface area contributed by atoms with Gasteiger partial charge in [0, 0.05) is 30.9 Å². The third kappa shape index (κ3) is 2.24. The Morgan fingerprint density at radius 3 is 3.19 bits per heavy atom. The summed E-state index contributed by atoms with van der Waals surface area (Å²) in [5.41, 5.74) is 6.73. The van der Waals surface area contributed by atoms with Crippen LogP contribution in [0.15, 0.2) is 12.3 Å². The minimum absolute atomic E-state index is 0.0456. The highest BCUT2D eigenvalue weighted by Crippen LogP contribution is 2.25. The van der Waals surface area contributed by atoms with Crippen molar-refractivity contribution < 1.29 is 4.79 Å². The SMILES string of the molecule is C[C@H](N)C(=O)N1CCCC(c2ccn[nH]2)C1. The van der Waals surface area contributed by atoms with E-state index in [0.29, 0.717) is 5.92 Å². The lowest BCUT2D eigenvalue weighted by Crippen LogP contribution is -2.46. The molecular weight excluding hydrogens is 204 g/mol. The Morgan fingerprint density at radius 1 is 1.75 bits per heavy atom. The van der Waals surface area contributed by atoms with Crippen molar-refractivity contribution in [3.63, 3.8) is 0 Å². The van der Waals surface area contributed by atoms with Crippen molar-refractivity contribution in [1.29, 1.82) is 0 Å². The normalized spacial score (nSPS) is 23.1. The van der Waals surface area contributed by atoms with E-state index in [1.54, 1.807) is 13.1 Å². The number of H-pyrrole nitrogens is 1. The van der Waals surface area contributed by atoms with Crippen molar-refractivity contribution >= 4 is 5.91 Å². The van der Waals surface area contributed by atoms with Crippen molar-refractivity contribution in [3.8, 4) is 0 Å². The van der Waals surface area contributed by atoms with Crippen LogP contribution >= 0.6 is 0 Å². The van der Waals surface area contributed by atoms with Gasteiger partial charge in [-0.3, -0.25) is 9.89 Å². The molecule has 16 heavy (non-hydrogen) atoms. The summed E-state index contributed by atoms with van der Waals surface area (Å²) in [6.45, 7) is 3.32. The van der Waals surface area contributed by atoms with Crippen molar-refractivity contribution in [2.75, 3.05) is 13.1 Å². The fourth-order valence-electron chi connectivity index (χ4n) is 2.21. The van der Waals surface area contributed by atoms with Crippen LogP contribution in [0.1, 0.15) is 31.4 Å². The molecule has 0 spiro atoms. The molecule has 1 amide bonds. The average molecular weight is 222 g/mol. The number of carbonyl (C=O) groups excluding carboxylic acids is 1. The lowest BCUT2D eigenvalue weighted by atomic mass is 9.94. The van der Waals surface area contributed by atoms with Gasteiger partial charge in [-0.25, -0.2) is 0 Å². The second-order valence-corrected chi connectivity index (χ2v) is 4.42. The molecule has 0 aliphatic carbocycles. The molecule has 0 aromatic carbocycles. The Labute approximate surface area is 95.0 Å². The van der Waals surface area contributed by atoms with Crippen LogP contribution in [0.4, 0.5) is 0 Å². The number of hydrogen-bond donors (Lipinski definition) is 2. The van der Waals surface area contributed by atoms with Gasteiger partial charge in [0.25, 0.3) is 0 Å². The standard InChI is InChI=1S/C11H18N4O/c1-8(12)11(16)15-6-2-3-9(7-15)10-4-5-13-14-10/h4-5,8-9H,2-3,6-7,12H2,1H3,(H,13,14)/t8-,9?/m0/s1. The molecule has 5 heteroatoms. The smallest absolute Gasteiger partial charge is 0.239 e. The summed E-state index contributed by atoms with van der Waals surface area (Å²) in [5, 5.41) is 6.93. The Hall–Kier alpha value is -1.36. The van der Waals surface area contributed by atoms with Crippen LogP contribution in [0.5, 0.6) is 0 Å². The monoisotopic (exact) mass is 222 g/mol. The maximum atomic E-state index is 11.8. The van der Waals surface area contributed by atoms with E-state index in [9.17, 15) is 4.79 Å². The van der Waals surface area contributed by atoms with Gasteiger partial charge in [-0.05, 0) is 25.8 Å². The maximum Gasteiger partial charge on any atom is 0.239 e. The molecule has 88 valence electrons. The average Bonchev–Trinajstić information content (AvgIpc) is 2.81. The molecular formula is C11H18N4O. The maximum absolute atomic E-state index is 11.8. The lowest BCUT2D eigenvalue weighted by molar-refractivity contribution is -0.133. The summed E-state index contributed by atoms with van der Waals surface area (Å²) in [4.78, 5) is 13.6. The van der Waals surface area contributed by atoms with E-state index in [1.165, 1.54) is 0 Å². The molecule has 1 aliphatic heterocycles. The Morgan fingerprint density at radius 2 is 2.56 bits per heavy atom. The lowest BCUT2D eigenvalue weighted by Gasteiger charge is -2.33. The second kappa shape index (κ2) is 4.65. The molecule has 3 N–H and O–H groups in total. The molecule has 2 rings (SSSR count). The molecule has 5 nitrogen and oxygen atoms in total. The van der Waals surface area contributed by atoms with Crippen LogP contribution in [-0.4, -0.2) is 40.1 Å². The molecule has 1 aromatic heterocycles. The Kier molecular flexibility index (Phi) is 3.24. The summed E-state index contributed by atoms with van der Waals surface area (Å²) in [5.74, 6) is 0.420. The number of nitrogens with one attached hydrogen (secondary N) is 1. The first-order chi connectivity index (χ1) is 7.68. The van der Waals surface area contributed by atoms with Crippen molar-refractivity contribution in [2.45, 2.75) is 31.7 Å². The fourth-order valence-corrected chi connectivity index (χ4v) is 2.21. The minimum atomic E-state index is -0.402. The summed E-state index contributed by atoms with van der Waals surface area (Å²) < 4.78 is 0. The van der Waals surface area contributed by atoms with E-state index in [4.69, 9.17) is 5.73 Å². The summed E-state index contributed by atoms with van der Waals surface area (Å²) in [6, 6.07) is 1.57. The van der Waals surface area contributed by atoms with Crippen LogP contribution in [0, 0.1) is 0 Å². The minimum Gasteiger partial charge on any atom is -0.341 e. The molecule has 2 heterocycles. The molecule has 1 aromatic rings. The third-order valence-corrected chi connectivity index (χ3v) is 3.08. The number of carbonyl (C=O) groups is 1. The number of likely N-dealkylation sites (tertiary alicyclic amines) is 1. The number of aromatic nitrogens is 2. The van der Waals surface area contributed by atoms with Gasteiger partial charge in [-0.15, -0.1) is 0 Å². The first-order valence-electron chi connectivity index (χ1n) is 5.72. The summed E-state index contributed by atoms with van der Waals surface area (Å²) in [7, 11) is 0. The van der Waals surface area contributed by atoms with E-state index in [0.717, 1.165) is 31.6 Å². The first-order valence-corrected chi connectivity index (χ1v) is 5.72. The molecule has 2 atom stereocenters. The van der Waals surface area contributed by atoms with E-state index in [1.807, 2.05) is 11.0 Å². The van der Waals surface area contributed by atoms with Gasteiger partial charge >= 0.3 is 0 Å². The molecule has 1 fully saturated rings. The zero-order valence-electron chi connectivity index (χ0n) is 9.52. The van der Waals surface area contributed by atoms with Crippen LogP contribution in [0.3, 0.4) is 0 Å². The van der Waals surface area contributed by atoms with Gasteiger partial charge in [0.1, 0.15) is 0 Å². The highest BCUT2D eigenvalue weighted by Gasteiger charge is 2.26. The molecule has 0 bridgehead atoms. The highest BCUT2D eigenvalue weighted by atomic mass is 16.2. The largest absolute Gasteiger partial charge is 0.341 e. The number of rotatable bonds is 2. The molecule has 1 aliphatic rings. The molecule has 0 saturated carbocycles. The fraction of sp³-hybridized carbons (Fsp3) is 0.636. The van der Waals surface area contributed by atoms with Gasteiger partial charge in [0.15, 0.2) is 0 Å². The van der Waals surface area contributed by atoms with Gasteiger partial charge in [-0.2, -0.15) is 5.10 Å². The molecule has 1 unspecified atom stereocenters. The van der Waals surface area contributed by atoms with Crippen LogP contribution < -0.4 is 5.73 Å². The zero-order chi connectivity index (χ0) is 11.5. The third-order valence-electron chi connectivity index (χ3n) is 3.08. The van der Waals surface area contributed by atoms with E-state index in [-0.39, 0.29) is 5.91 Å². The second-order valence-electron chi connectivity index (χ2n) is 4.42. The highest BCUT2D eigenvalue weighted by molar-refractivity contribution is 5.81. The van der Waals surface area contributed by atoms with E-state index in [2.05, 4.69) is 10.2 Å². The van der Waals surface area contributed by atoms with Crippen LogP contribution in [0.25, 0.3) is 0 Å². The quantitative estimate of drug-likeness (QED) is 0.763. The van der Waals surface area contributed by atoms with Crippen LogP contribution in [0.2, 0.25) is 0 Å². The first kappa shape index (κ1) is 11.1.